The fourth-order valence-corrected chi connectivity index (χ4v) is 1.66. The number of hydroxylamine groups is 1. The Morgan fingerprint density at radius 3 is 2.67 bits per heavy atom. The van der Waals surface area contributed by atoms with E-state index < -0.39 is 5.91 Å². The van der Waals surface area contributed by atoms with E-state index in [1.165, 1.54) is 17.5 Å². The average Bonchev–Trinajstić information content (AvgIpc) is 2.82. The van der Waals surface area contributed by atoms with E-state index in [1.807, 2.05) is 6.07 Å². The molecule has 0 atom stereocenters. The standard InChI is InChI=1S/C10H8N2O2S/c13-9(8-4-2-1-3-5-8)12(14)10-11-6-7-15-10/h1-7,14H. The molecule has 1 amide bonds. The van der Waals surface area contributed by atoms with Crippen LogP contribution < -0.4 is 5.06 Å². The van der Waals surface area contributed by atoms with Crippen molar-refractivity contribution in [2.75, 3.05) is 5.06 Å². The van der Waals surface area contributed by atoms with Gasteiger partial charge in [0, 0.05) is 17.1 Å². The largest absolute Gasteiger partial charge is 0.284 e. The fraction of sp³-hybridized carbons (Fsp3) is 0. The Morgan fingerprint density at radius 1 is 1.33 bits per heavy atom. The van der Waals surface area contributed by atoms with Gasteiger partial charge in [0.15, 0.2) is 0 Å². The van der Waals surface area contributed by atoms with Crippen molar-refractivity contribution in [2.45, 2.75) is 0 Å². The lowest BCUT2D eigenvalue weighted by atomic mass is 10.2. The molecule has 2 rings (SSSR count). The van der Waals surface area contributed by atoms with Crippen molar-refractivity contribution in [1.82, 2.24) is 4.98 Å². The van der Waals surface area contributed by atoms with Crippen LogP contribution in [0.2, 0.25) is 0 Å². The van der Waals surface area contributed by atoms with Gasteiger partial charge >= 0.3 is 0 Å². The van der Waals surface area contributed by atoms with Crippen molar-refractivity contribution in [2.24, 2.45) is 0 Å². The summed E-state index contributed by atoms with van der Waals surface area (Å²) in [6, 6.07) is 8.56. The Bertz CT molecular complexity index is 442. The van der Waals surface area contributed by atoms with Crippen LogP contribution in [0.5, 0.6) is 0 Å². The van der Waals surface area contributed by atoms with E-state index in [1.54, 1.807) is 29.6 Å². The molecule has 0 bridgehead atoms. The van der Waals surface area contributed by atoms with Crippen molar-refractivity contribution < 1.29 is 10.0 Å². The molecule has 1 N–H and O–H groups in total. The fourth-order valence-electron chi connectivity index (χ4n) is 1.11. The number of rotatable bonds is 2. The van der Waals surface area contributed by atoms with Gasteiger partial charge in [0.05, 0.1) is 0 Å². The molecule has 76 valence electrons. The Labute approximate surface area is 90.4 Å². The zero-order chi connectivity index (χ0) is 10.7. The molecule has 1 aromatic heterocycles. The topological polar surface area (TPSA) is 53.4 Å². The van der Waals surface area contributed by atoms with E-state index in [2.05, 4.69) is 4.98 Å². The van der Waals surface area contributed by atoms with Crippen LogP contribution in [0.3, 0.4) is 0 Å². The van der Waals surface area contributed by atoms with Crippen LogP contribution in [-0.2, 0) is 0 Å². The molecule has 2 aromatic rings. The molecule has 0 fully saturated rings. The summed E-state index contributed by atoms with van der Waals surface area (Å²) in [7, 11) is 0. The predicted molar refractivity (Wildman–Crippen MR) is 57.2 cm³/mol. The molecule has 0 aliphatic heterocycles. The molecule has 0 spiro atoms. The van der Waals surface area contributed by atoms with Crippen LogP contribution >= 0.6 is 11.3 Å². The number of benzene rings is 1. The molecule has 0 saturated carbocycles. The number of carbonyl (C=O) groups is 1. The van der Waals surface area contributed by atoms with Gasteiger partial charge in [-0.2, -0.15) is 5.06 Å². The van der Waals surface area contributed by atoms with E-state index in [0.29, 0.717) is 10.6 Å². The maximum Gasteiger partial charge on any atom is 0.284 e. The van der Waals surface area contributed by atoms with Crippen molar-refractivity contribution in [3.63, 3.8) is 0 Å². The summed E-state index contributed by atoms with van der Waals surface area (Å²) >= 11 is 1.20. The van der Waals surface area contributed by atoms with E-state index in [9.17, 15) is 10.0 Å². The number of anilines is 1. The monoisotopic (exact) mass is 220 g/mol. The van der Waals surface area contributed by atoms with Crippen molar-refractivity contribution in [1.29, 1.82) is 0 Å². The van der Waals surface area contributed by atoms with Crippen LogP contribution in [0.1, 0.15) is 10.4 Å². The first kappa shape index (κ1) is 9.82. The first-order valence-corrected chi connectivity index (χ1v) is 5.15. The first-order valence-electron chi connectivity index (χ1n) is 4.27. The maximum absolute atomic E-state index is 11.7. The minimum absolute atomic E-state index is 0.267. The average molecular weight is 220 g/mol. The highest BCUT2D eigenvalue weighted by Gasteiger charge is 2.16. The minimum atomic E-state index is -0.481. The zero-order valence-electron chi connectivity index (χ0n) is 7.70. The molecule has 1 aromatic carbocycles. The molecule has 4 nitrogen and oxygen atoms in total. The van der Waals surface area contributed by atoms with Gasteiger partial charge in [0.2, 0.25) is 5.13 Å². The molecular formula is C10H8N2O2S. The lowest BCUT2D eigenvalue weighted by Crippen LogP contribution is -2.26. The second kappa shape index (κ2) is 4.20. The number of nitrogens with zero attached hydrogens (tertiary/aromatic N) is 2. The van der Waals surface area contributed by atoms with Crippen molar-refractivity contribution >= 4 is 22.4 Å². The molecule has 0 radical (unpaired) electrons. The number of thiazole rings is 1. The van der Waals surface area contributed by atoms with Gasteiger partial charge < -0.3 is 0 Å². The summed E-state index contributed by atoms with van der Waals surface area (Å²) in [5.41, 5.74) is 0.426. The third kappa shape index (κ3) is 2.03. The Kier molecular flexibility index (Phi) is 2.75. The van der Waals surface area contributed by atoms with Gasteiger partial charge in [0.25, 0.3) is 5.91 Å². The number of carbonyl (C=O) groups excluding carboxylic acids is 1. The van der Waals surface area contributed by atoms with Crippen molar-refractivity contribution in [3.05, 3.63) is 47.5 Å². The van der Waals surface area contributed by atoms with Crippen LogP contribution in [-0.4, -0.2) is 16.1 Å². The summed E-state index contributed by atoms with van der Waals surface area (Å²) in [5.74, 6) is -0.481. The third-order valence-corrected chi connectivity index (χ3v) is 2.56. The Balaban J connectivity index is 2.23. The SMILES string of the molecule is O=C(c1ccccc1)N(O)c1nccs1. The first-order chi connectivity index (χ1) is 7.29. The normalized spacial score (nSPS) is 9.93. The minimum Gasteiger partial charge on any atom is -0.279 e. The molecule has 0 aliphatic carbocycles. The Hall–Kier alpha value is -1.72. The highest BCUT2D eigenvalue weighted by Crippen LogP contribution is 2.17. The smallest absolute Gasteiger partial charge is 0.279 e. The lowest BCUT2D eigenvalue weighted by molar-refractivity contribution is 0.0854. The van der Waals surface area contributed by atoms with E-state index in [-0.39, 0.29) is 5.13 Å². The number of amides is 1. The molecule has 0 unspecified atom stereocenters. The van der Waals surface area contributed by atoms with Gasteiger partial charge in [-0.1, -0.05) is 18.2 Å². The van der Waals surface area contributed by atoms with Gasteiger partial charge in [-0.25, -0.2) is 4.98 Å². The molecule has 0 aliphatic rings. The number of hydrogen-bond acceptors (Lipinski definition) is 4. The molecule has 0 saturated heterocycles. The summed E-state index contributed by atoms with van der Waals surface area (Å²) in [6.07, 6.45) is 1.53. The van der Waals surface area contributed by atoms with Gasteiger partial charge in [0.1, 0.15) is 0 Å². The third-order valence-electron chi connectivity index (χ3n) is 1.81. The quantitative estimate of drug-likeness (QED) is 0.623. The van der Waals surface area contributed by atoms with Crippen LogP contribution in [0, 0.1) is 0 Å². The van der Waals surface area contributed by atoms with E-state index >= 15 is 0 Å². The summed E-state index contributed by atoms with van der Waals surface area (Å²) in [4.78, 5) is 15.5. The zero-order valence-corrected chi connectivity index (χ0v) is 8.52. The second-order valence-electron chi connectivity index (χ2n) is 2.80. The lowest BCUT2D eigenvalue weighted by Gasteiger charge is -2.10. The van der Waals surface area contributed by atoms with Gasteiger partial charge in [-0.3, -0.25) is 10.0 Å². The summed E-state index contributed by atoms with van der Waals surface area (Å²) < 4.78 is 0. The predicted octanol–water partition coefficient (Wildman–Crippen LogP) is 2.18. The highest BCUT2D eigenvalue weighted by molar-refractivity contribution is 7.13. The summed E-state index contributed by atoms with van der Waals surface area (Å²) in [5, 5.41) is 12.1. The van der Waals surface area contributed by atoms with Crippen LogP contribution in [0.4, 0.5) is 5.13 Å². The highest BCUT2D eigenvalue weighted by atomic mass is 32.1. The van der Waals surface area contributed by atoms with E-state index in [0.717, 1.165) is 0 Å². The maximum atomic E-state index is 11.7. The van der Waals surface area contributed by atoms with Crippen LogP contribution in [0.25, 0.3) is 0 Å². The number of hydrogen-bond donors (Lipinski definition) is 1. The van der Waals surface area contributed by atoms with Gasteiger partial charge in [-0.05, 0) is 12.1 Å². The molecule has 15 heavy (non-hydrogen) atoms. The molecule has 1 heterocycles. The Morgan fingerprint density at radius 2 is 2.07 bits per heavy atom. The van der Waals surface area contributed by atoms with Gasteiger partial charge in [-0.15, -0.1) is 11.3 Å². The van der Waals surface area contributed by atoms with Crippen LogP contribution in [0.15, 0.2) is 41.9 Å². The molecular weight excluding hydrogens is 212 g/mol. The van der Waals surface area contributed by atoms with E-state index in [4.69, 9.17) is 0 Å². The number of aromatic nitrogens is 1. The summed E-state index contributed by atoms with van der Waals surface area (Å²) in [6.45, 7) is 0. The van der Waals surface area contributed by atoms with Crippen molar-refractivity contribution in [3.8, 4) is 0 Å². The molecule has 5 heteroatoms. The second-order valence-corrected chi connectivity index (χ2v) is 3.67.